The molecule has 2 amide bonds. The van der Waals surface area contributed by atoms with E-state index in [0.717, 1.165) is 0 Å². The van der Waals surface area contributed by atoms with E-state index in [4.69, 9.17) is 20.9 Å². The lowest BCUT2D eigenvalue weighted by Gasteiger charge is -2.15. The van der Waals surface area contributed by atoms with Crippen LogP contribution in [0.4, 0.5) is 16.2 Å². The van der Waals surface area contributed by atoms with Crippen molar-refractivity contribution in [2.75, 3.05) is 10.6 Å². The second-order valence-corrected chi connectivity index (χ2v) is 8.45. The number of anilines is 2. The average molecular weight is 514 g/mol. The SMILES string of the molecule is CC(=O)C[C@H](CC(=O)Nc1ccc(-c2nocc2NC(=O)OC(C)c2ccccc2Cl)cc1)C(=O)O. The van der Waals surface area contributed by atoms with Crippen molar-refractivity contribution in [2.45, 2.75) is 32.8 Å². The van der Waals surface area contributed by atoms with E-state index in [1.807, 2.05) is 0 Å². The first kappa shape index (κ1) is 26.4. The Labute approximate surface area is 211 Å². The normalized spacial score (nSPS) is 12.3. The number of Topliss-reactive ketones (excluding diaryl/α,β-unsaturated/α-hetero) is 1. The molecule has 188 valence electrons. The summed E-state index contributed by atoms with van der Waals surface area (Å²) in [6.45, 7) is 2.97. The number of hydrogen-bond acceptors (Lipinski definition) is 7. The quantitative estimate of drug-likeness (QED) is 0.330. The minimum Gasteiger partial charge on any atom is -0.481 e. The third kappa shape index (κ3) is 7.16. The van der Waals surface area contributed by atoms with Crippen molar-refractivity contribution in [3.8, 4) is 11.3 Å². The Kier molecular flexibility index (Phi) is 8.80. The number of nitrogens with one attached hydrogen (secondary N) is 2. The van der Waals surface area contributed by atoms with Gasteiger partial charge in [0.15, 0.2) is 0 Å². The van der Waals surface area contributed by atoms with Gasteiger partial charge in [-0.15, -0.1) is 0 Å². The number of aliphatic carboxylic acids is 1. The number of hydrogen-bond donors (Lipinski definition) is 3. The van der Waals surface area contributed by atoms with Gasteiger partial charge in [0.1, 0.15) is 29.5 Å². The van der Waals surface area contributed by atoms with E-state index in [-0.39, 0.29) is 24.3 Å². The minimum absolute atomic E-state index is 0.219. The van der Waals surface area contributed by atoms with E-state index in [1.54, 1.807) is 55.5 Å². The highest BCUT2D eigenvalue weighted by Gasteiger charge is 2.23. The summed E-state index contributed by atoms with van der Waals surface area (Å²) in [6.07, 6.45) is -0.616. The number of carboxylic acids is 1. The summed E-state index contributed by atoms with van der Waals surface area (Å²) in [5.41, 5.74) is 2.27. The Balaban J connectivity index is 1.62. The molecule has 11 heteroatoms. The van der Waals surface area contributed by atoms with Gasteiger partial charge in [-0.3, -0.25) is 14.9 Å². The minimum atomic E-state index is -1.21. The lowest BCUT2D eigenvalue weighted by Crippen LogP contribution is -2.24. The number of ether oxygens (including phenoxy) is 1. The zero-order chi connectivity index (χ0) is 26.2. The van der Waals surface area contributed by atoms with Crippen LogP contribution < -0.4 is 10.6 Å². The fourth-order valence-electron chi connectivity index (χ4n) is 3.44. The van der Waals surface area contributed by atoms with Gasteiger partial charge in [0.05, 0.1) is 5.92 Å². The Hall–Kier alpha value is -4.18. The molecule has 0 aliphatic rings. The molecule has 10 nitrogen and oxygen atoms in total. The molecule has 0 fully saturated rings. The summed E-state index contributed by atoms with van der Waals surface area (Å²) < 4.78 is 10.4. The Morgan fingerprint density at radius 1 is 1.06 bits per heavy atom. The molecule has 3 rings (SSSR count). The van der Waals surface area contributed by atoms with Crippen molar-refractivity contribution >= 4 is 46.7 Å². The number of benzene rings is 2. The summed E-state index contributed by atoms with van der Waals surface area (Å²) in [5, 5.41) is 18.8. The van der Waals surface area contributed by atoms with Crippen LogP contribution in [0.25, 0.3) is 11.3 Å². The Morgan fingerprint density at radius 2 is 1.75 bits per heavy atom. The lowest BCUT2D eigenvalue weighted by molar-refractivity contribution is -0.145. The largest absolute Gasteiger partial charge is 0.481 e. The van der Waals surface area contributed by atoms with Gasteiger partial charge in [-0.25, -0.2) is 4.79 Å². The zero-order valence-corrected chi connectivity index (χ0v) is 20.2. The number of nitrogens with zero attached hydrogens (tertiary/aromatic N) is 1. The zero-order valence-electron chi connectivity index (χ0n) is 19.5. The molecule has 1 unspecified atom stereocenters. The number of carbonyl (C=O) groups excluding carboxylic acids is 3. The van der Waals surface area contributed by atoms with E-state index in [2.05, 4.69) is 15.8 Å². The second kappa shape index (κ2) is 12.0. The summed E-state index contributed by atoms with van der Waals surface area (Å²) in [7, 11) is 0. The van der Waals surface area contributed by atoms with Crippen molar-refractivity contribution in [2.24, 2.45) is 5.92 Å². The molecule has 3 aromatic rings. The molecule has 0 saturated carbocycles. The fourth-order valence-corrected chi connectivity index (χ4v) is 3.73. The molecule has 1 aromatic heterocycles. The van der Waals surface area contributed by atoms with Crippen LogP contribution in [0.5, 0.6) is 0 Å². The van der Waals surface area contributed by atoms with Gasteiger partial charge in [0.2, 0.25) is 5.91 Å². The van der Waals surface area contributed by atoms with E-state index in [9.17, 15) is 24.3 Å². The molecule has 2 atom stereocenters. The number of amides is 2. The van der Waals surface area contributed by atoms with Crippen LogP contribution in [0.2, 0.25) is 5.02 Å². The molecule has 36 heavy (non-hydrogen) atoms. The van der Waals surface area contributed by atoms with Crippen molar-refractivity contribution in [1.82, 2.24) is 5.16 Å². The van der Waals surface area contributed by atoms with Gasteiger partial charge in [0, 0.05) is 34.7 Å². The van der Waals surface area contributed by atoms with Crippen molar-refractivity contribution in [1.29, 1.82) is 0 Å². The number of halogens is 1. The summed E-state index contributed by atoms with van der Waals surface area (Å²) in [4.78, 5) is 47.1. The van der Waals surface area contributed by atoms with Gasteiger partial charge in [-0.2, -0.15) is 0 Å². The monoisotopic (exact) mass is 513 g/mol. The number of carboxylic acid groups (broad SMARTS) is 1. The molecule has 1 heterocycles. The highest BCUT2D eigenvalue weighted by Crippen LogP contribution is 2.29. The molecule has 0 aliphatic carbocycles. The summed E-state index contributed by atoms with van der Waals surface area (Å²) in [5.74, 6) is -3.14. The summed E-state index contributed by atoms with van der Waals surface area (Å²) in [6, 6.07) is 13.5. The van der Waals surface area contributed by atoms with Crippen LogP contribution in [-0.2, 0) is 19.1 Å². The third-order valence-corrected chi connectivity index (χ3v) is 5.53. The number of rotatable bonds is 10. The maximum atomic E-state index is 12.4. The maximum absolute atomic E-state index is 12.4. The molecule has 0 radical (unpaired) electrons. The molecule has 3 N–H and O–H groups in total. The van der Waals surface area contributed by atoms with E-state index >= 15 is 0 Å². The maximum Gasteiger partial charge on any atom is 0.412 e. The van der Waals surface area contributed by atoms with Gasteiger partial charge in [-0.05, 0) is 32.0 Å². The standard InChI is InChI=1S/C25H24ClN3O7/c1-14(30)11-17(24(32)33)12-22(31)27-18-9-7-16(8-10-18)23-21(13-35-29-23)28-25(34)36-15(2)19-5-3-4-6-20(19)26/h3-10,13,15,17H,11-12H2,1-2H3,(H,27,31)(H,28,34)(H,32,33)/t15?,17-/m1/s1. The van der Waals surface area contributed by atoms with Crippen LogP contribution >= 0.6 is 11.6 Å². The number of ketones is 1. The molecule has 0 aliphatic heterocycles. The van der Waals surface area contributed by atoms with Crippen molar-refractivity contribution in [3.63, 3.8) is 0 Å². The predicted molar refractivity (Wildman–Crippen MR) is 132 cm³/mol. The Morgan fingerprint density at radius 3 is 2.39 bits per heavy atom. The van der Waals surface area contributed by atoms with Gasteiger partial charge in [0.25, 0.3) is 0 Å². The average Bonchev–Trinajstić information content (AvgIpc) is 3.26. The van der Waals surface area contributed by atoms with Crippen molar-refractivity contribution < 1.29 is 33.5 Å². The van der Waals surface area contributed by atoms with Crippen LogP contribution in [0.1, 0.15) is 38.4 Å². The molecule has 0 bridgehead atoms. The first-order valence-corrected chi connectivity index (χ1v) is 11.3. The number of carbonyl (C=O) groups is 4. The van der Waals surface area contributed by atoms with E-state index in [1.165, 1.54) is 13.2 Å². The first-order valence-electron chi connectivity index (χ1n) is 10.9. The van der Waals surface area contributed by atoms with Crippen molar-refractivity contribution in [3.05, 3.63) is 65.4 Å². The van der Waals surface area contributed by atoms with Crippen LogP contribution in [-0.4, -0.2) is 34.0 Å². The highest BCUT2D eigenvalue weighted by molar-refractivity contribution is 6.31. The number of aromatic nitrogens is 1. The molecular weight excluding hydrogens is 490 g/mol. The fraction of sp³-hybridized carbons (Fsp3) is 0.240. The predicted octanol–water partition coefficient (Wildman–Crippen LogP) is 5.31. The smallest absolute Gasteiger partial charge is 0.412 e. The lowest BCUT2D eigenvalue weighted by atomic mass is 9.99. The molecule has 0 spiro atoms. The van der Waals surface area contributed by atoms with Gasteiger partial charge < -0.3 is 24.5 Å². The first-order chi connectivity index (χ1) is 17.1. The third-order valence-electron chi connectivity index (χ3n) is 5.19. The molecular formula is C25H24ClN3O7. The van der Waals surface area contributed by atoms with E-state index in [0.29, 0.717) is 27.5 Å². The van der Waals surface area contributed by atoms with Crippen LogP contribution in [0, 0.1) is 5.92 Å². The van der Waals surface area contributed by atoms with Gasteiger partial charge >= 0.3 is 12.1 Å². The molecule has 0 saturated heterocycles. The van der Waals surface area contributed by atoms with Crippen LogP contribution in [0.15, 0.2) is 59.3 Å². The van der Waals surface area contributed by atoms with Gasteiger partial charge in [-0.1, -0.05) is 47.1 Å². The topological polar surface area (TPSA) is 148 Å². The van der Waals surface area contributed by atoms with Crippen LogP contribution in [0.3, 0.4) is 0 Å². The highest BCUT2D eigenvalue weighted by atomic mass is 35.5. The second-order valence-electron chi connectivity index (χ2n) is 8.04. The Bertz CT molecular complexity index is 1260. The van der Waals surface area contributed by atoms with E-state index < -0.39 is 30.0 Å². The summed E-state index contributed by atoms with van der Waals surface area (Å²) >= 11 is 6.15. The molecule has 2 aromatic carbocycles.